The van der Waals surface area contributed by atoms with E-state index in [-0.39, 0.29) is 18.1 Å². The van der Waals surface area contributed by atoms with Crippen molar-refractivity contribution in [3.8, 4) is 11.8 Å². The number of carbonyl (C=O) groups is 2. The van der Waals surface area contributed by atoms with E-state index in [4.69, 9.17) is 26.7 Å². The number of hydrogen-bond acceptors (Lipinski definition) is 4. The Balaban J connectivity index is 1.49. The van der Waals surface area contributed by atoms with Crippen LogP contribution in [0.5, 0.6) is 5.75 Å². The molecule has 0 saturated heterocycles. The number of carboxylic acids is 1. The normalized spacial score (nSPS) is 24.0. The van der Waals surface area contributed by atoms with Crippen LogP contribution >= 0.6 is 11.6 Å². The van der Waals surface area contributed by atoms with Gasteiger partial charge >= 0.3 is 5.97 Å². The Hall–Kier alpha value is -2.26. The quantitative estimate of drug-likeness (QED) is 0.784. The average Bonchev–Trinajstić information content (AvgIpc) is 3.39. The molecule has 0 unspecified atom stereocenters. The van der Waals surface area contributed by atoms with E-state index in [0.29, 0.717) is 29.2 Å². The lowest BCUT2D eigenvalue weighted by molar-refractivity contribution is -0.149. The molecule has 0 atom stereocenters. The molecule has 0 heterocycles. The van der Waals surface area contributed by atoms with Crippen molar-refractivity contribution >= 4 is 23.5 Å². The zero-order chi connectivity index (χ0) is 18.0. The molecule has 7 heteroatoms. The summed E-state index contributed by atoms with van der Waals surface area (Å²) < 4.78 is 5.91. The summed E-state index contributed by atoms with van der Waals surface area (Å²) in [6.07, 6.45) is 3.89. The number of carboxylic acid groups (broad SMARTS) is 1. The molecule has 1 aromatic carbocycles. The van der Waals surface area contributed by atoms with Crippen LogP contribution in [0.2, 0.25) is 5.02 Å². The maximum absolute atomic E-state index is 12.1. The van der Waals surface area contributed by atoms with Crippen molar-refractivity contribution in [2.45, 2.75) is 50.7 Å². The molecular weight excluding hydrogens is 344 g/mol. The highest BCUT2D eigenvalue weighted by Gasteiger charge is 2.57. The molecular formula is C18H19ClN2O4. The molecule has 1 aromatic rings. The van der Waals surface area contributed by atoms with Crippen LogP contribution in [0.1, 0.15) is 44.1 Å². The smallest absolute Gasteiger partial charge is 0.319 e. The zero-order valence-corrected chi connectivity index (χ0v) is 14.4. The van der Waals surface area contributed by atoms with Crippen molar-refractivity contribution < 1.29 is 19.4 Å². The van der Waals surface area contributed by atoms with Crippen LogP contribution in [0.4, 0.5) is 0 Å². The number of rotatable bonds is 5. The molecule has 0 bridgehead atoms. The monoisotopic (exact) mass is 362 g/mol. The first-order chi connectivity index (χ1) is 11.9. The number of ether oxygens (including phenoxy) is 1. The lowest BCUT2D eigenvalue weighted by Gasteiger charge is -2.30. The van der Waals surface area contributed by atoms with Crippen molar-refractivity contribution in [1.29, 1.82) is 5.26 Å². The Morgan fingerprint density at radius 3 is 2.48 bits per heavy atom. The van der Waals surface area contributed by atoms with Gasteiger partial charge in [0.25, 0.3) is 0 Å². The van der Waals surface area contributed by atoms with Crippen molar-refractivity contribution in [3.63, 3.8) is 0 Å². The summed E-state index contributed by atoms with van der Waals surface area (Å²) in [7, 11) is 0. The van der Waals surface area contributed by atoms with Crippen molar-refractivity contribution in [2.24, 2.45) is 5.41 Å². The molecule has 0 spiro atoms. The van der Waals surface area contributed by atoms with Crippen LogP contribution in [-0.4, -0.2) is 29.1 Å². The number of nitriles is 1. The van der Waals surface area contributed by atoms with Gasteiger partial charge in [-0.2, -0.15) is 5.26 Å². The van der Waals surface area contributed by atoms with Gasteiger partial charge in [0.1, 0.15) is 17.2 Å². The molecule has 2 aliphatic carbocycles. The van der Waals surface area contributed by atoms with Crippen LogP contribution in [0, 0.1) is 16.7 Å². The van der Waals surface area contributed by atoms with Gasteiger partial charge in [-0.1, -0.05) is 11.6 Å². The molecule has 0 radical (unpaired) electrons. The lowest BCUT2D eigenvalue weighted by Crippen LogP contribution is -2.45. The fourth-order valence-electron chi connectivity index (χ4n) is 3.16. The third kappa shape index (κ3) is 3.72. The van der Waals surface area contributed by atoms with Crippen LogP contribution in [0.15, 0.2) is 18.2 Å². The second-order valence-corrected chi connectivity index (χ2v) is 7.11. The highest BCUT2D eigenvalue weighted by molar-refractivity contribution is 6.31. The fourth-order valence-corrected chi connectivity index (χ4v) is 3.38. The van der Waals surface area contributed by atoms with Gasteiger partial charge in [-0.05, 0) is 50.7 Å². The zero-order valence-electron chi connectivity index (χ0n) is 13.6. The highest BCUT2D eigenvalue weighted by atomic mass is 35.5. The predicted molar refractivity (Wildman–Crippen MR) is 90.3 cm³/mol. The van der Waals surface area contributed by atoms with Crippen LogP contribution in [0.3, 0.4) is 0 Å². The standard InChI is InChI=1S/C18H19ClN2O4/c19-15-9-14(4-1-11(15)10-20)25-13-5-2-12(3-6-13)21-16(22)18(7-8-18)17(23)24/h1,4,9,12-13H,2-3,5-8H2,(H,21,22)(H,23,24). The van der Waals surface area contributed by atoms with Gasteiger partial charge in [-0.25, -0.2) is 0 Å². The summed E-state index contributed by atoms with van der Waals surface area (Å²) >= 11 is 6.00. The van der Waals surface area contributed by atoms with E-state index in [1.54, 1.807) is 18.2 Å². The third-order valence-corrected chi connectivity index (χ3v) is 5.28. The van der Waals surface area contributed by atoms with Gasteiger partial charge in [-0.15, -0.1) is 0 Å². The lowest BCUT2D eigenvalue weighted by atomic mass is 9.92. The maximum Gasteiger partial charge on any atom is 0.319 e. The number of halogens is 1. The number of benzene rings is 1. The second kappa shape index (κ2) is 6.93. The Labute approximate surface area is 150 Å². The summed E-state index contributed by atoms with van der Waals surface area (Å²) in [4.78, 5) is 23.3. The van der Waals surface area contributed by atoms with Crippen LogP contribution in [-0.2, 0) is 9.59 Å². The topological polar surface area (TPSA) is 99.4 Å². The van der Waals surface area contributed by atoms with Gasteiger partial charge in [-0.3, -0.25) is 9.59 Å². The number of nitrogens with zero attached hydrogens (tertiary/aromatic N) is 1. The summed E-state index contributed by atoms with van der Waals surface area (Å²) in [5.41, 5.74) is -0.778. The van der Waals surface area contributed by atoms with Gasteiger partial charge in [0.2, 0.25) is 5.91 Å². The van der Waals surface area contributed by atoms with Gasteiger partial charge < -0.3 is 15.2 Å². The molecule has 0 aromatic heterocycles. The number of carbonyl (C=O) groups excluding carboxylic acids is 1. The average molecular weight is 363 g/mol. The van der Waals surface area contributed by atoms with Crippen LogP contribution < -0.4 is 10.1 Å². The van der Waals surface area contributed by atoms with E-state index in [0.717, 1.165) is 25.7 Å². The molecule has 2 fully saturated rings. The molecule has 132 valence electrons. The van der Waals surface area contributed by atoms with E-state index in [2.05, 4.69) is 5.32 Å². The Morgan fingerprint density at radius 2 is 1.96 bits per heavy atom. The Kier molecular flexibility index (Phi) is 4.87. The van der Waals surface area contributed by atoms with Crippen molar-refractivity contribution in [1.82, 2.24) is 5.32 Å². The number of amides is 1. The first-order valence-corrected chi connectivity index (χ1v) is 8.73. The largest absolute Gasteiger partial charge is 0.490 e. The summed E-state index contributed by atoms with van der Waals surface area (Å²) in [5.74, 6) is -0.762. The molecule has 1 amide bonds. The summed E-state index contributed by atoms with van der Waals surface area (Å²) in [6, 6.07) is 6.99. The number of aliphatic carboxylic acids is 1. The van der Waals surface area contributed by atoms with Gasteiger partial charge in [0.05, 0.1) is 16.7 Å². The van der Waals surface area contributed by atoms with E-state index in [1.165, 1.54) is 0 Å². The number of hydrogen-bond donors (Lipinski definition) is 2. The molecule has 25 heavy (non-hydrogen) atoms. The Morgan fingerprint density at radius 1 is 1.28 bits per heavy atom. The van der Waals surface area contributed by atoms with E-state index >= 15 is 0 Å². The second-order valence-electron chi connectivity index (χ2n) is 6.71. The first-order valence-electron chi connectivity index (χ1n) is 8.35. The fraction of sp³-hybridized carbons (Fsp3) is 0.500. The maximum atomic E-state index is 12.1. The molecule has 2 aliphatic rings. The van der Waals surface area contributed by atoms with Crippen molar-refractivity contribution in [2.75, 3.05) is 0 Å². The molecule has 2 N–H and O–H groups in total. The SMILES string of the molecule is N#Cc1ccc(OC2CCC(NC(=O)C3(C(=O)O)CC3)CC2)cc1Cl. The van der Waals surface area contributed by atoms with Crippen LogP contribution in [0.25, 0.3) is 0 Å². The van der Waals surface area contributed by atoms with Gasteiger partial charge in [0.15, 0.2) is 0 Å². The highest BCUT2D eigenvalue weighted by Crippen LogP contribution is 2.46. The first kappa shape index (κ1) is 17.6. The minimum atomic E-state index is -1.19. The molecule has 3 rings (SSSR count). The molecule has 2 saturated carbocycles. The van der Waals surface area contributed by atoms with E-state index in [9.17, 15) is 9.59 Å². The number of nitrogens with one attached hydrogen (secondary N) is 1. The minimum absolute atomic E-state index is 0.00581. The van der Waals surface area contributed by atoms with E-state index in [1.807, 2.05) is 6.07 Å². The molecule has 0 aliphatic heterocycles. The predicted octanol–water partition coefficient (Wildman–Crippen LogP) is 2.88. The third-order valence-electron chi connectivity index (χ3n) is 4.97. The summed E-state index contributed by atoms with van der Waals surface area (Å²) in [6.45, 7) is 0. The Bertz CT molecular complexity index is 731. The van der Waals surface area contributed by atoms with E-state index < -0.39 is 11.4 Å². The molecule has 6 nitrogen and oxygen atoms in total. The minimum Gasteiger partial charge on any atom is -0.490 e. The summed E-state index contributed by atoms with van der Waals surface area (Å²) in [5, 5.41) is 21.3. The van der Waals surface area contributed by atoms with Gasteiger partial charge in [0, 0.05) is 12.1 Å². The van der Waals surface area contributed by atoms with Crippen molar-refractivity contribution in [3.05, 3.63) is 28.8 Å².